The van der Waals surface area contributed by atoms with Gasteiger partial charge in [-0.15, -0.1) is 0 Å². The van der Waals surface area contributed by atoms with Crippen LogP contribution in [0, 0.1) is 35.0 Å². The molecule has 2 N–H and O–H groups in total. The van der Waals surface area contributed by atoms with Gasteiger partial charge in [0.25, 0.3) is 5.91 Å². The van der Waals surface area contributed by atoms with E-state index in [1.165, 1.54) is 0 Å². The average molecular weight is 760 g/mol. The number of hydrogen-bond donors (Lipinski definition) is 2. The lowest BCUT2D eigenvalue weighted by molar-refractivity contribution is -0.276. The van der Waals surface area contributed by atoms with Gasteiger partial charge in [0.05, 0.1) is 18.8 Å². The Labute approximate surface area is 314 Å². The van der Waals surface area contributed by atoms with Crippen LogP contribution in [0.3, 0.4) is 0 Å². The van der Waals surface area contributed by atoms with Crippen molar-refractivity contribution in [2.24, 2.45) is 5.92 Å². The fourth-order valence-corrected chi connectivity index (χ4v) is 7.01. The summed E-state index contributed by atoms with van der Waals surface area (Å²) in [4.78, 5) is 26.0. The van der Waals surface area contributed by atoms with E-state index in [0.717, 1.165) is 48.4 Å². The fraction of sp³-hybridized carbons (Fsp3) is 0.293. The molecule has 5 aromatic rings. The van der Waals surface area contributed by atoms with Crippen molar-refractivity contribution >= 4 is 11.9 Å². The molecule has 7 rings (SSSR count). The minimum absolute atomic E-state index is 0.0158. The van der Waals surface area contributed by atoms with Gasteiger partial charge in [-0.25, -0.2) is 31.9 Å². The number of benzene rings is 4. The molecule has 9 nitrogen and oxygen atoms in total. The highest BCUT2D eigenvalue weighted by molar-refractivity contribution is 5.95. The monoisotopic (exact) mass is 759 g/mol. The molecule has 0 aliphatic carbocycles. The van der Waals surface area contributed by atoms with E-state index in [4.69, 9.17) is 9.47 Å². The Morgan fingerprint density at radius 2 is 1.40 bits per heavy atom. The summed E-state index contributed by atoms with van der Waals surface area (Å²) in [6.45, 7) is 5.64. The van der Waals surface area contributed by atoms with Crippen LogP contribution in [-0.2, 0) is 22.6 Å². The largest absolute Gasteiger partial charge is 0.392 e. The van der Waals surface area contributed by atoms with Crippen LogP contribution >= 0.6 is 0 Å². The molecule has 0 spiro atoms. The summed E-state index contributed by atoms with van der Waals surface area (Å²) in [5.74, 6) is -11.9. The topological polar surface area (TPSA) is 100 Å². The molecule has 4 atom stereocenters. The maximum Gasteiger partial charge on any atom is 0.257 e. The van der Waals surface area contributed by atoms with E-state index < -0.39 is 46.8 Å². The number of aliphatic hydroxyl groups is 1. The second kappa shape index (κ2) is 16.6. The Balaban J connectivity index is 1.08. The Kier molecular flexibility index (Phi) is 11.5. The van der Waals surface area contributed by atoms with E-state index in [1.54, 1.807) is 42.7 Å². The van der Waals surface area contributed by atoms with Crippen molar-refractivity contribution in [1.29, 1.82) is 0 Å². The van der Waals surface area contributed by atoms with Gasteiger partial charge in [-0.1, -0.05) is 79.7 Å². The number of ether oxygens (including phenoxy) is 2. The number of aliphatic hydroxyl groups excluding tert-OH is 1. The van der Waals surface area contributed by atoms with Crippen molar-refractivity contribution in [3.8, 4) is 11.1 Å². The molecule has 4 aromatic carbocycles. The molecule has 1 aromatic heterocycles. The van der Waals surface area contributed by atoms with Gasteiger partial charge in [0, 0.05) is 63.1 Å². The van der Waals surface area contributed by atoms with E-state index in [-0.39, 0.29) is 31.3 Å². The molecule has 2 saturated heterocycles. The molecule has 55 heavy (non-hydrogen) atoms. The van der Waals surface area contributed by atoms with Crippen molar-refractivity contribution in [2.75, 3.05) is 37.6 Å². The number of nitrogens with zero attached hydrogens (tertiary/aromatic N) is 4. The summed E-state index contributed by atoms with van der Waals surface area (Å²) < 4.78 is 82.9. The third kappa shape index (κ3) is 8.08. The van der Waals surface area contributed by atoms with Crippen LogP contribution in [0.15, 0.2) is 91.3 Å². The predicted octanol–water partition coefficient (Wildman–Crippen LogP) is 6.88. The van der Waals surface area contributed by atoms with E-state index in [9.17, 15) is 31.9 Å². The number of carbonyl (C=O) groups is 1. The van der Waals surface area contributed by atoms with Crippen LogP contribution in [0.5, 0.6) is 0 Å². The van der Waals surface area contributed by atoms with Crippen LogP contribution in [-0.4, -0.2) is 64.7 Å². The predicted molar refractivity (Wildman–Crippen MR) is 193 cm³/mol. The van der Waals surface area contributed by atoms with Gasteiger partial charge in [0.1, 0.15) is 5.56 Å². The number of anilines is 1. The number of rotatable bonds is 10. The molecule has 1 amide bonds. The lowest BCUT2D eigenvalue weighted by Gasteiger charge is -2.44. The molecule has 286 valence electrons. The minimum atomic E-state index is -2.34. The number of carbonyl (C=O) groups excluding carboxylic acids is 1. The molecule has 3 heterocycles. The van der Waals surface area contributed by atoms with Crippen molar-refractivity contribution < 1.29 is 41.3 Å². The number of piperazine rings is 1. The van der Waals surface area contributed by atoms with E-state index >= 15 is 0 Å². The lowest BCUT2D eigenvalue weighted by Crippen LogP contribution is -2.51. The highest BCUT2D eigenvalue weighted by Gasteiger charge is 2.39. The molecule has 0 unspecified atom stereocenters. The third-order valence-corrected chi connectivity index (χ3v) is 10.2. The Morgan fingerprint density at radius 3 is 2.05 bits per heavy atom. The van der Waals surface area contributed by atoms with E-state index in [1.807, 2.05) is 48.5 Å². The quantitative estimate of drug-likeness (QED) is 0.0905. The molecule has 2 aliphatic heterocycles. The minimum Gasteiger partial charge on any atom is -0.392 e. The SMILES string of the molecule is C[C@@H]1[C@H](CN2CCN(c3ncccn3)CC2)O[C@H](c2ccc(-c3ccccc3CNC(=O)c3c(F)c(F)c(F)c(F)c3F)cc2)O[C@@H]1c1ccc(CO)cc1. The first kappa shape index (κ1) is 38.0. The van der Waals surface area contributed by atoms with Crippen molar-refractivity contribution in [3.63, 3.8) is 0 Å². The van der Waals surface area contributed by atoms with Crippen molar-refractivity contribution in [2.45, 2.75) is 38.6 Å². The molecule has 0 bridgehead atoms. The van der Waals surface area contributed by atoms with Crippen LogP contribution in [0.4, 0.5) is 27.9 Å². The van der Waals surface area contributed by atoms with Crippen LogP contribution < -0.4 is 10.2 Å². The molecule has 14 heteroatoms. The molecular weight excluding hydrogens is 721 g/mol. The van der Waals surface area contributed by atoms with Crippen LogP contribution in [0.1, 0.15) is 51.9 Å². The highest BCUT2D eigenvalue weighted by Crippen LogP contribution is 2.42. The lowest BCUT2D eigenvalue weighted by atomic mass is 9.89. The summed E-state index contributed by atoms with van der Waals surface area (Å²) in [6, 6.07) is 23.9. The first-order valence-corrected chi connectivity index (χ1v) is 17.9. The van der Waals surface area contributed by atoms with Crippen molar-refractivity contribution in [3.05, 3.63) is 148 Å². The van der Waals surface area contributed by atoms with Crippen molar-refractivity contribution in [1.82, 2.24) is 20.2 Å². The van der Waals surface area contributed by atoms with E-state index in [2.05, 4.69) is 32.0 Å². The molecule has 2 fully saturated rings. The Bertz CT molecular complexity index is 2090. The maximum absolute atomic E-state index is 14.3. The number of hydrogen-bond acceptors (Lipinski definition) is 8. The van der Waals surface area contributed by atoms with Gasteiger partial charge >= 0.3 is 0 Å². The van der Waals surface area contributed by atoms with Crippen LogP contribution in [0.2, 0.25) is 0 Å². The second-order valence-corrected chi connectivity index (χ2v) is 13.6. The average Bonchev–Trinajstić information content (AvgIpc) is 3.23. The summed E-state index contributed by atoms with van der Waals surface area (Å²) in [5, 5.41) is 11.9. The van der Waals surface area contributed by atoms with Gasteiger partial charge in [0.15, 0.2) is 29.6 Å². The zero-order valence-electron chi connectivity index (χ0n) is 29.8. The smallest absolute Gasteiger partial charge is 0.257 e. The Hall–Kier alpha value is -5.28. The first-order chi connectivity index (χ1) is 26.6. The zero-order chi connectivity index (χ0) is 38.6. The molecule has 0 saturated carbocycles. The van der Waals surface area contributed by atoms with Gasteiger partial charge in [-0.2, -0.15) is 0 Å². The second-order valence-electron chi connectivity index (χ2n) is 13.6. The Morgan fingerprint density at radius 1 is 0.782 bits per heavy atom. The molecular formula is C41H38F5N5O4. The first-order valence-electron chi connectivity index (χ1n) is 17.9. The van der Waals surface area contributed by atoms with Gasteiger partial charge < -0.3 is 24.8 Å². The number of halogens is 5. The van der Waals surface area contributed by atoms with Gasteiger partial charge in [0.2, 0.25) is 11.8 Å². The summed E-state index contributed by atoms with van der Waals surface area (Å²) in [6.07, 6.45) is 2.26. The van der Waals surface area contributed by atoms with E-state index in [0.29, 0.717) is 23.6 Å². The fourth-order valence-electron chi connectivity index (χ4n) is 7.01. The normalized spacial score (nSPS) is 20.4. The summed E-state index contributed by atoms with van der Waals surface area (Å²) in [7, 11) is 0. The number of amides is 1. The van der Waals surface area contributed by atoms with Gasteiger partial charge in [-0.3, -0.25) is 9.69 Å². The highest BCUT2D eigenvalue weighted by atomic mass is 19.2. The standard InChI is InChI=1S/C41H38F5N5O4/c1-24-31(22-50-17-19-51(20-18-50)41-47-15-4-16-48-41)54-40(55-38(24)27-9-7-25(23-52)8-10-27)28-13-11-26(12-14-28)30-6-3-2-5-29(30)21-49-39(53)32-33(42)35(44)37(46)36(45)34(32)43/h2-16,24,31,38,40,52H,17-23H2,1H3,(H,49,53)/t24-,31+,38+,40+/m1/s1. The summed E-state index contributed by atoms with van der Waals surface area (Å²) >= 11 is 0. The number of aromatic nitrogens is 2. The number of nitrogens with one attached hydrogen (secondary N) is 1. The molecule has 2 aliphatic rings. The summed E-state index contributed by atoms with van der Waals surface area (Å²) in [5.41, 5.74) is 2.92. The molecule has 0 radical (unpaired) electrons. The van der Waals surface area contributed by atoms with Gasteiger partial charge in [-0.05, 0) is 33.9 Å². The third-order valence-electron chi connectivity index (χ3n) is 10.2. The zero-order valence-corrected chi connectivity index (χ0v) is 29.8. The van der Waals surface area contributed by atoms with Crippen LogP contribution in [0.25, 0.3) is 11.1 Å². The maximum atomic E-state index is 14.3.